The van der Waals surface area contributed by atoms with E-state index in [0.29, 0.717) is 36.9 Å². The van der Waals surface area contributed by atoms with Gasteiger partial charge in [0.15, 0.2) is 0 Å². The number of carbonyl (C=O) groups excluding carboxylic acids is 2. The third-order valence-corrected chi connectivity index (χ3v) is 9.23. The Kier molecular flexibility index (Phi) is 11.4. The Labute approximate surface area is 259 Å². The molecule has 242 valence electrons. The third kappa shape index (κ3) is 11.0. The molecular weight excluding hydrogens is 544 g/mol. The predicted octanol–water partition coefficient (Wildman–Crippen LogP) is 6.75. The first-order valence-electron chi connectivity index (χ1n) is 16.5. The molecule has 4 atom stereocenters. The lowest BCUT2D eigenvalue weighted by atomic mass is 9.91. The van der Waals surface area contributed by atoms with Crippen molar-refractivity contribution in [3.63, 3.8) is 0 Å². The Morgan fingerprint density at radius 1 is 0.744 bits per heavy atom. The SMILES string of the molecule is CC(C)(C)OC(=O)N1CCC(C2CC2CO)CC1.CC(C)(C)OC(=O)N1CCC(C2CC2COCc2ccccc2)CC1. The van der Waals surface area contributed by atoms with Crippen molar-refractivity contribution in [2.45, 2.75) is 97.9 Å². The second kappa shape index (κ2) is 14.6. The van der Waals surface area contributed by atoms with Crippen LogP contribution in [0.4, 0.5) is 9.59 Å². The normalized spacial score (nSPS) is 26.3. The molecule has 2 saturated carbocycles. The molecule has 1 aromatic rings. The molecule has 8 heteroatoms. The monoisotopic (exact) mass is 600 g/mol. The number of amides is 2. The van der Waals surface area contributed by atoms with E-state index in [2.05, 4.69) is 24.3 Å². The summed E-state index contributed by atoms with van der Waals surface area (Å²) >= 11 is 0. The fourth-order valence-electron chi connectivity index (χ4n) is 6.67. The van der Waals surface area contributed by atoms with E-state index >= 15 is 0 Å². The molecule has 2 amide bonds. The van der Waals surface area contributed by atoms with Crippen LogP contribution in [-0.4, -0.2) is 77.7 Å². The number of piperidine rings is 2. The lowest BCUT2D eigenvalue weighted by molar-refractivity contribution is 0.0161. The maximum absolute atomic E-state index is 12.1. The number of nitrogens with zero attached hydrogens (tertiary/aromatic N) is 2. The Bertz CT molecular complexity index is 1020. The first-order valence-corrected chi connectivity index (χ1v) is 16.5. The van der Waals surface area contributed by atoms with Crippen molar-refractivity contribution < 1.29 is 28.9 Å². The van der Waals surface area contributed by atoms with Gasteiger partial charge in [0.25, 0.3) is 0 Å². The minimum absolute atomic E-state index is 0.163. The molecule has 1 aromatic carbocycles. The van der Waals surface area contributed by atoms with Crippen molar-refractivity contribution in [3.05, 3.63) is 35.9 Å². The molecule has 4 unspecified atom stereocenters. The van der Waals surface area contributed by atoms with Gasteiger partial charge >= 0.3 is 12.2 Å². The first kappa shape index (κ1) is 33.6. The van der Waals surface area contributed by atoms with Crippen LogP contribution in [0.25, 0.3) is 0 Å². The van der Waals surface area contributed by atoms with E-state index in [9.17, 15) is 9.59 Å². The van der Waals surface area contributed by atoms with Gasteiger partial charge < -0.3 is 29.1 Å². The Hall–Kier alpha value is -2.32. The standard InChI is InChI=1S/C21H31NO3.C14H25NO3/c1-21(2,3)25-20(23)22-11-9-17(10-12-22)19-13-18(19)15-24-14-16-7-5-4-6-8-16;1-14(2,3)18-13(17)15-6-4-10(5-7-15)12-8-11(12)9-16/h4-8,17-19H,9-15H2,1-3H3;10-12,16H,4-9H2,1-3H3. The Morgan fingerprint density at radius 2 is 1.19 bits per heavy atom. The average Bonchev–Trinajstić information content (AvgIpc) is 3.88. The van der Waals surface area contributed by atoms with E-state index in [1.54, 1.807) is 0 Å². The van der Waals surface area contributed by atoms with Crippen LogP contribution in [0.2, 0.25) is 0 Å². The van der Waals surface area contributed by atoms with Gasteiger partial charge in [-0.05, 0) is 121 Å². The van der Waals surface area contributed by atoms with E-state index < -0.39 is 11.2 Å². The van der Waals surface area contributed by atoms with Crippen LogP contribution in [-0.2, 0) is 20.8 Å². The number of aliphatic hydroxyl groups excluding tert-OH is 1. The summed E-state index contributed by atoms with van der Waals surface area (Å²) in [7, 11) is 0. The van der Waals surface area contributed by atoms with Crippen LogP contribution >= 0.6 is 0 Å². The zero-order valence-corrected chi connectivity index (χ0v) is 27.4. The molecule has 4 fully saturated rings. The largest absolute Gasteiger partial charge is 0.444 e. The summed E-state index contributed by atoms with van der Waals surface area (Å²) in [5.41, 5.74) is 0.420. The summed E-state index contributed by atoms with van der Waals surface area (Å²) in [6, 6.07) is 10.4. The highest BCUT2D eigenvalue weighted by Gasteiger charge is 2.45. The lowest BCUT2D eigenvalue weighted by Gasteiger charge is -2.33. The molecule has 1 N–H and O–H groups in total. The van der Waals surface area contributed by atoms with Crippen molar-refractivity contribution >= 4 is 12.2 Å². The highest BCUT2D eigenvalue weighted by Crippen LogP contribution is 2.48. The van der Waals surface area contributed by atoms with Crippen LogP contribution in [0.3, 0.4) is 0 Å². The van der Waals surface area contributed by atoms with Gasteiger partial charge in [0.2, 0.25) is 0 Å². The van der Waals surface area contributed by atoms with Gasteiger partial charge in [-0.25, -0.2) is 9.59 Å². The smallest absolute Gasteiger partial charge is 0.410 e. The minimum Gasteiger partial charge on any atom is -0.444 e. The maximum Gasteiger partial charge on any atom is 0.410 e. The molecule has 8 nitrogen and oxygen atoms in total. The van der Waals surface area contributed by atoms with Gasteiger partial charge in [-0.15, -0.1) is 0 Å². The molecular formula is C35H56N2O6. The van der Waals surface area contributed by atoms with E-state index in [1.165, 1.54) is 18.4 Å². The molecule has 43 heavy (non-hydrogen) atoms. The molecule has 0 radical (unpaired) electrons. The second-order valence-corrected chi connectivity index (χ2v) is 15.1. The van der Waals surface area contributed by atoms with Crippen molar-refractivity contribution in [1.29, 1.82) is 0 Å². The first-order chi connectivity index (χ1) is 20.3. The van der Waals surface area contributed by atoms with Gasteiger partial charge in [-0.3, -0.25) is 0 Å². The second-order valence-electron chi connectivity index (χ2n) is 15.1. The number of ether oxygens (including phenoxy) is 3. The maximum atomic E-state index is 12.1. The summed E-state index contributed by atoms with van der Waals surface area (Å²) < 4.78 is 16.7. The summed E-state index contributed by atoms with van der Waals surface area (Å²) in [6.07, 6.45) is 6.42. The van der Waals surface area contributed by atoms with Gasteiger partial charge in [-0.2, -0.15) is 0 Å². The van der Waals surface area contributed by atoms with E-state index in [4.69, 9.17) is 19.3 Å². The fraction of sp³-hybridized carbons (Fsp3) is 0.771. The van der Waals surface area contributed by atoms with E-state index in [0.717, 1.165) is 70.3 Å². The predicted molar refractivity (Wildman–Crippen MR) is 167 cm³/mol. The molecule has 0 aromatic heterocycles. The van der Waals surface area contributed by atoms with Crippen molar-refractivity contribution in [2.24, 2.45) is 35.5 Å². The molecule has 2 heterocycles. The van der Waals surface area contributed by atoms with Crippen LogP contribution in [0.5, 0.6) is 0 Å². The number of carbonyl (C=O) groups is 2. The number of aliphatic hydroxyl groups is 1. The molecule has 2 aliphatic carbocycles. The van der Waals surface area contributed by atoms with Crippen molar-refractivity contribution in [1.82, 2.24) is 9.80 Å². The summed E-state index contributed by atoms with van der Waals surface area (Å²) in [6.45, 7) is 16.6. The van der Waals surface area contributed by atoms with Gasteiger partial charge in [0, 0.05) is 32.8 Å². The highest BCUT2D eigenvalue weighted by atomic mass is 16.6. The molecule has 2 aliphatic heterocycles. The van der Waals surface area contributed by atoms with Crippen LogP contribution < -0.4 is 0 Å². The summed E-state index contributed by atoms with van der Waals surface area (Å²) in [4.78, 5) is 27.7. The van der Waals surface area contributed by atoms with Crippen LogP contribution in [0, 0.1) is 35.5 Å². The molecule has 0 bridgehead atoms. The highest BCUT2D eigenvalue weighted by molar-refractivity contribution is 5.68. The van der Waals surface area contributed by atoms with Crippen LogP contribution in [0.15, 0.2) is 30.3 Å². The zero-order chi connectivity index (χ0) is 31.2. The lowest BCUT2D eigenvalue weighted by Crippen LogP contribution is -2.42. The van der Waals surface area contributed by atoms with Gasteiger partial charge in [0.1, 0.15) is 11.2 Å². The Morgan fingerprint density at radius 3 is 1.60 bits per heavy atom. The zero-order valence-electron chi connectivity index (χ0n) is 27.4. The van der Waals surface area contributed by atoms with Gasteiger partial charge in [-0.1, -0.05) is 30.3 Å². The fourth-order valence-corrected chi connectivity index (χ4v) is 6.67. The number of benzene rings is 1. The van der Waals surface area contributed by atoms with Gasteiger partial charge in [0.05, 0.1) is 13.2 Å². The number of hydrogen-bond donors (Lipinski definition) is 1. The number of rotatable bonds is 7. The average molecular weight is 601 g/mol. The Balaban J connectivity index is 0.000000208. The topological polar surface area (TPSA) is 88.5 Å². The van der Waals surface area contributed by atoms with E-state index in [1.807, 2.05) is 57.4 Å². The molecule has 5 rings (SSSR count). The number of likely N-dealkylation sites (tertiary alicyclic amines) is 2. The number of hydrogen-bond acceptors (Lipinski definition) is 6. The molecule has 0 spiro atoms. The third-order valence-electron chi connectivity index (χ3n) is 9.23. The van der Waals surface area contributed by atoms with Crippen molar-refractivity contribution in [2.75, 3.05) is 39.4 Å². The molecule has 2 saturated heterocycles. The quantitative estimate of drug-likeness (QED) is 0.373. The van der Waals surface area contributed by atoms with Crippen molar-refractivity contribution in [3.8, 4) is 0 Å². The summed E-state index contributed by atoms with van der Waals surface area (Å²) in [5, 5.41) is 9.09. The summed E-state index contributed by atoms with van der Waals surface area (Å²) in [5.74, 6) is 4.17. The van der Waals surface area contributed by atoms with E-state index in [-0.39, 0.29) is 12.2 Å². The molecule has 4 aliphatic rings. The van der Waals surface area contributed by atoms with Crippen LogP contribution in [0.1, 0.15) is 85.6 Å². The minimum atomic E-state index is -0.411.